The van der Waals surface area contributed by atoms with Gasteiger partial charge in [-0.15, -0.1) is 0 Å². The van der Waals surface area contributed by atoms with Gasteiger partial charge in [0.05, 0.1) is 0 Å². The van der Waals surface area contributed by atoms with Crippen molar-refractivity contribution in [2.75, 3.05) is 0 Å². The average molecular weight is 338 g/mol. The molecule has 0 spiro atoms. The summed E-state index contributed by atoms with van der Waals surface area (Å²) in [6.07, 6.45) is 17.5. The van der Waals surface area contributed by atoms with Crippen molar-refractivity contribution in [2.45, 2.75) is 137 Å². The molecule has 1 nitrogen and oxygen atoms in total. The minimum Gasteiger partial charge on any atom is -0.292 e. The lowest BCUT2D eigenvalue weighted by Gasteiger charge is -2.37. The van der Waals surface area contributed by atoms with E-state index in [0.29, 0.717) is 18.1 Å². The van der Waals surface area contributed by atoms with Gasteiger partial charge in [-0.3, -0.25) is 4.90 Å². The average Bonchev–Trinajstić information content (AvgIpc) is 2.50. The molecule has 0 aliphatic carbocycles. The second kappa shape index (κ2) is 15.0. The molecule has 0 bridgehead atoms. The highest BCUT2D eigenvalue weighted by atomic mass is 15.2. The van der Waals surface area contributed by atoms with Gasteiger partial charge in [0.2, 0.25) is 0 Å². The maximum atomic E-state index is 2.73. The van der Waals surface area contributed by atoms with Crippen LogP contribution in [0.15, 0.2) is 11.6 Å². The third-order valence-corrected chi connectivity index (χ3v) is 5.00. The normalized spacial score (nSPS) is 13.1. The van der Waals surface area contributed by atoms with Crippen LogP contribution in [0.3, 0.4) is 0 Å². The highest BCUT2D eigenvalue weighted by molar-refractivity contribution is 5.08. The number of allylic oxidation sites excluding steroid dienone is 1. The maximum Gasteiger partial charge on any atom is 0.0286 e. The van der Waals surface area contributed by atoms with E-state index in [1.54, 1.807) is 5.57 Å². The van der Waals surface area contributed by atoms with Gasteiger partial charge in [0, 0.05) is 18.1 Å². The molecule has 0 saturated carbocycles. The van der Waals surface area contributed by atoms with Gasteiger partial charge in [0.1, 0.15) is 0 Å². The van der Waals surface area contributed by atoms with Crippen molar-refractivity contribution in [3.63, 3.8) is 0 Å². The van der Waals surface area contributed by atoms with E-state index in [4.69, 9.17) is 0 Å². The van der Waals surface area contributed by atoms with Crippen LogP contribution in [-0.4, -0.2) is 23.0 Å². The van der Waals surface area contributed by atoms with Crippen LogP contribution in [0.4, 0.5) is 0 Å². The molecule has 144 valence electrons. The first-order valence-electron chi connectivity index (χ1n) is 10.9. The third kappa shape index (κ3) is 10.5. The Morgan fingerprint density at radius 1 is 0.708 bits per heavy atom. The molecule has 0 aromatic rings. The van der Waals surface area contributed by atoms with Crippen molar-refractivity contribution in [1.82, 2.24) is 4.90 Å². The van der Waals surface area contributed by atoms with Gasteiger partial charge in [0.25, 0.3) is 0 Å². The lowest BCUT2D eigenvalue weighted by atomic mass is 9.96. The molecule has 0 aromatic heterocycles. The number of hydrogen-bond donors (Lipinski definition) is 0. The topological polar surface area (TPSA) is 3.24 Å². The van der Waals surface area contributed by atoms with Crippen molar-refractivity contribution in [3.05, 3.63) is 11.6 Å². The quantitative estimate of drug-likeness (QED) is 0.218. The van der Waals surface area contributed by atoms with E-state index in [9.17, 15) is 0 Å². The monoisotopic (exact) mass is 337 g/mol. The third-order valence-electron chi connectivity index (χ3n) is 5.00. The van der Waals surface area contributed by atoms with Crippen LogP contribution in [0.2, 0.25) is 0 Å². The fraction of sp³-hybridized carbons (Fsp3) is 0.913. The molecule has 0 saturated heterocycles. The van der Waals surface area contributed by atoms with Crippen LogP contribution in [0.5, 0.6) is 0 Å². The molecule has 0 radical (unpaired) electrons. The van der Waals surface area contributed by atoms with Crippen molar-refractivity contribution < 1.29 is 0 Å². The van der Waals surface area contributed by atoms with Crippen LogP contribution >= 0.6 is 0 Å². The fourth-order valence-corrected chi connectivity index (χ4v) is 4.02. The van der Waals surface area contributed by atoms with Gasteiger partial charge in [-0.05, 0) is 47.0 Å². The molecular formula is C23H47N. The largest absolute Gasteiger partial charge is 0.292 e. The molecule has 0 aliphatic rings. The summed E-state index contributed by atoms with van der Waals surface area (Å²) < 4.78 is 0. The van der Waals surface area contributed by atoms with Crippen LogP contribution in [0.25, 0.3) is 0 Å². The van der Waals surface area contributed by atoms with Gasteiger partial charge in [-0.1, -0.05) is 83.8 Å². The molecule has 0 aromatic carbocycles. The Morgan fingerprint density at radius 2 is 1.21 bits per heavy atom. The molecule has 0 heterocycles. The second-order valence-electron chi connectivity index (χ2n) is 8.08. The molecular weight excluding hydrogens is 290 g/mol. The second-order valence-corrected chi connectivity index (χ2v) is 8.08. The Kier molecular flexibility index (Phi) is 14.8. The fourth-order valence-electron chi connectivity index (χ4n) is 4.02. The maximum absolute atomic E-state index is 2.73. The van der Waals surface area contributed by atoms with E-state index in [0.717, 1.165) is 0 Å². The first-order valence-corrected chi connectivity index (χ1v) is 10.9. The summed E-state index contributed by atoms with van der Waals surface area (Å²) >= 11 is 0. The smallest absolute Gasteiger partial charge is 0.0286 e. The minimum absolute atomic E-state index is 0.621. The first-order chi connectivity index (χ1) is 11.5. The Labute approximate surface area is 154 Å². The molecule has 0 aliphatic heterocycles. The predicted octanol–water partition coefficient (Wildman–Crippen LogP) is 7.75. The Morgan fingerprint density at radius 3 is 1.67 bits per heavy atom. The summed E-state index contributed by atoms with van der Waals surface area (Å²) in [6, 6.07) is 1.87. The van der Waals surface area contributed by atoms with E-state index in [2.05, 4.69) is 59.4 Å². The molecule has 0 amide bonds. The molecule has 24 heavy (non-hydrogen) atoms. The van der Waals surface area contributed by atoms with Crippen molar-refractivity contribution in [2.24, 2.45) is 0 Å². The van der Waals surface area contributed by atoms with Crippen LogP contribution < -0.4 is 0 Å². The Balaban J connectivity index is 4.89. The first kappa shape index (κ1) is 23.7. The van der Waals surface area contributed by atoms with E-state index < -0.39 is 0 Å². The van der Waals surface area contributed by atoms with E-state index in [-0.39, 0.29) is 0 Å². The number of nitrogens with zero attached hydrogens (tertiary/aromatic N) is 1. The minimum atomic E-state index is 0.621. The number of rotatable bonds is 15. The molecule has 1 heteroatoms. The zero-order valence-corrected chi connectivity index (χ0v) is 18.0. The van der Waals surface area contributed by atoms with E-state index in [1.807, 2.05) is 0 Å². The number of unbranched alkanes of at least 4 members (excludes halogenated alkanes) is 5. The zero-order valence-electron chi connectivity index (χ0n) is 18.0. The van der Waals surface area contributed by atoms with Crippen LogP contribution in [0.1, 0.15) is 119 Å². The molecule has 1 unspecified atom stereocenters. The highest BCUT2D eigenvalue weighted by Gasteiger charge is 2.22. The van der Waals surface area contributed by atoms with Crippen molar-refractivity contribution in [3.8, 4) is 0 Å². The highest BCUT2D eigenvalue weighted by Crippen LogP contribution is 2.22. The lowest BCUT2D eigenvalue weighted by molar-refractivity contribution is 0.130. The van der Waals surface area contributed by atoms with Crippen LogP contribution in [-0.2, 0) is 0 Å². The standard InChI is InChI=1S/C23H47N/c1-8-11-12-13-14-15-18-23(24(20(4)5)21(6)7)19-22(16-9-2)17-10-3/h19-21,23H,8-18H2,1-7H3. The van der Waals surface area contributed by atoms with E-state index >= 15 is 0 Å². The molecule has 0 N–H and O–H groups in total. The summed E-state index contributed by atoms with van der Waals surface area (Å²) in [5.74, 6) is 0. The SMILES string of the molecule is CCCCCCCCC(C=C(CCC)CCC)N(C(C)C)C(C)C. The summed E-state index contributed by atoms with van der Waals surface area (Å²) in [6.45, 7) is 16.4. The van der Waals surface area contributed by atoms with E-state index in [1.165, 1.54) is 70.6 Å². The summed E-state index contributed by atoms with van der Waals surface area (Å²) in [5.41, 5.74) is 1.70. The van der Waals surface area contributed by atoms with Gasteiger partial charge >= 0.3 is 0 Å². The molecule has 0 rings (SSSR count). The van der Waals surface area contributed by atoms with Crippen LogP contribution in [0, 0.1) is 0 Å². The Hall–Kier alpha value is -0.300. The van der Waals surface area contributed by atoms with Crippen molar-refractivity contribution >= 4 is 0 Å². The van der Waals surface area contributed by atoms with Crippen molar-refractivity contribution in [1.29, 1.82) is 0 Å². The van der Waals surface area contributed by atoms with Gasteiger partial charge in [-0.2, -0.15) is 0 Å². The van der Waals surface area contributed by atoms with Gasteiger partial charge in [-0.25, -0.2) is 0 Å². The zero-order chi connectivity index (χ0) is 18.4. The summed E-state index contributed by atoms with van der Waals surface area (Å²) in [4.78, 5) is 2.73. The predicted molar refractivity (Wildman–Crippen MR) is 112 cm³/mol. The summed E-state index contributed by atoms with van der Waals surface area (Å²) in [7, 11) is 0. The lowest BCUT2D eigenvalue weighted by Crippen LogP contribution is -2.44. The Bertz CT molecular complexity index is 287. The molecule has 1 atom stereocenters. The van der Waals surface area contributed by atoms with Gasteiger partial charge < -0.3 is 0 Å². The summed E-state index contributed by atoms with van der Waals surface area (Å²) in [5, 5.41) is 0. The van der Waals surface area contributed by atoms with Gasteiger partial charge in [0.15, 0.2) is 0 Å². The number of hydrogen-bond acceptors (Lipinski definition) is 1. The molecule has 0 fully saturated rings.